The summed E-state index contributed by atoms with van der Waals surface area (Å²) in [5, 5.41) is 0. The second-order valence-corrected chi connectivity index (χ2v) is 4.75. The Morgan fingerprint density at radius 2 is 2.50 bits per heavy atom. The average Bonchev–Trinajstić information content (AvgIpc) is 2.78. The molecule has 2 heterocycles. The van der Waals surface area contributed by atoms with Crippen LogP contribution in [0.25, 0.3) is 0 Å². The first-order valence-electron chi connectivity index (χ1n) is 5.47. The summed E-state index contributed by atoms with van der Waals surface area (Å²) < 4.78 is 5.13. The lowest BCUT2D eigenvalue weighted by atomic mass is 10.2. The molecule has 0 N–H and O–H groups in total. The Labute approximate surface area is 100 Å². The van der Waals surface area contributed by atoms with Crippen molar-refractivity contribution < 1.29 is 4.74 Å². The number of nitrogens with zero attached hydrogens (tertiary/aromatic N) is 3. The zero-order valence-corrected chi connectivity index (χ0v) is 10.5. The number of hydrogen-bond donors (Lipinski definition) is 0. The first kappa shape index (κ1) is 11.5. The highest BCUT2D eigenvalue weighted by atomic mass is 32.2. The molecular formula is C11H17N3OS. The molecule has 88 valence electrons. The topological polar surface area (TPSA) is 38.2 Å². The molecule has 4 nitrogen and oxygen atoms in total. The maximum atomic E-state index is 5.13. The first-order chi connectivity index (χ1) is 7.85. The minimum absolute atomic E-state index is 0.571. The van der Waals surface area contributed by atoms with Gasteiger partial charge >= 0.3 is 0 Å². The molecular weight excluding hydrogens is 222 g/mol. The maximum absolute atomic E-state index is 5.13. The van der Waals surface area contributed by atoms with Gasteiger partial charge in [-0.05, 0) is 19.1 Å². The highest BCUT2D eigenvalue weighted by Crippen LogP contribution is 2.25. The summed E-state index contributed by atoms with van der Waals surface area (Å²) in [6.45, 7) is 1.05. The molecule has 16 heavy (non-hydrogen) atoms. The molecule has 0 radical (unpaired) electrons. The van der Waals surface area contributed by atoms with Crippen molar-refractivity contribution in [3.63, 3.8) is 0 Å². The van der Waals surface area contributed by atoms with Gasteiger partial charge in [-0.25, -0.2) is 4.98 Å². The molecule has 0 aliphatic carbocycles. The van der Waals surface area contributed by atoms with Crippen LogP contribution < -0.4 is 9.64 Å². The van der Waals surface area contributed by atoms with Gasteiger partial charge in [0.1, 0.15) is 0 Å². The van der Waals surface area contributed by atoms with Crippen LogP contribution in [0.5, 0.6) is 5.88 Å². The van der Waals surface area contributed by atoms with Crippen LogP contribution >= 0.6 is 11.8 Å². The van der Waals surface area contributed by atoms with Crippen molar-refractivity contribution in [1.82, 2.24) is 9.97 Å². The minimum atomic E-state index is 0.571. The molecule has 1 aromatic heterocycles. The molecule has 1 aromatic rings. The lowest BCUT2D eigenvalue weighted by Crippen LogP contribution is -2.32. The fourth-order valence-corrected chi connectivity index (χ4v) is 2.78. The molecule has 2 rings (SSSR count). The summed E-state index contributed by atoms with van der Waals surface area (Å²) >= 11 is 1.88. The number of anilines is 1. The molecule has 5 heteroatoms. The predicted octanol–water partition coefficient (Wildman–Crippen LogP) is 1.82. The van der Waals surface area contributed by atoms with Crippen molar-refractivity contribution in [3.05, 3.63) is 12.3 Å². The smallest absolute Gasteiger partial charge is 0.228 e. The number of aromatic nitrogens is 2. The minimum Gasteiger partial charge on any atom is -0.481 e. The van der Waals surface area contributed by atoms with Crippen molar-refractivity contribution >= 4 is 17.7 Å². The zero-order chi connectivity index (χ0) is 11.4. The third kappa shape index (κ3) is 2.40. The molecule has 0 aromatic carbocycles. The average molecular weight is 239 g/mol. The quantitative estimate of drug-likeness (QED) is 0.801. The van der Waals surface area contributed by atoms with E-state index in [9.17, 15) is 0 Å². The number of rotatable bonds is 4. The third-order valence-corrected chi connectivity index (χ3v) is 3.54. The lowest BCUT2D eigenvalue weighted by molar-refractivity contribution is 0.396. The Morgan fingerprint density at radius 3 is 3.25 bits per heavy atom. The second-order valence-electron chi connectivity index (χ2n) is 3.84. The molecule has 0 saturated carbocycles. The van der Waals surface area contributed by atoms with Crippen LogP contribution in [0.2, 0.25) is 0 Å². The largest absolute Gasteiger partial charge is 0.481 e. The van der Waals surface area contributed by atoms with Gasteiger partial charge in [-0.2, -0.15) is 16.7 Å². The van der Waals surface area contributed by atoms with Crippen molar-refractivity contribution in [1.29, 1.82) is 0 Å². The van der Waals surface area contributed by atoms with Crippen LogP contribution in [-0.2, 0) is 0 Å². The van der Waals surface area contributed by atoms with Crippen LogP contribution in [0, 0.1) is 0 Å². The van der Waals surface area contributed by atoms with Crippen LogP contribution in [0.15, 0.2) is 12.3 Å². The number of thioether (sulfide) groups is 1. The fraction of sp³-hybridized carbons (Fsp3) is 0.636. The van der Waals surface area contributed by atoms with Crippen LogP contribution in [0.4, 0.5) is 5.95 Å². The molecule has 1 saturated heterocycles. The highest BCUT2D eigenvalue weighted by Gasteiger charge is 2.26. The molecule has 1 unspecified atom stereocenters. The number of methoxy groups -OCH3 is 1. The van der Waals surface area contributed by atoms with Gasteiger partial charge in [0.2, 0.25) is 11.8 Å². The summed E-state index contributed by atoms with van der Waals surface area (Å²) in [5.74, 6) is 2.58. The Balaban J connectivity index is 2.15. The summed E-state index contributed by atoms with van der Waals surface area (Å²) in [6, 6.07) is 2.35. The molecule has 1 atom stereocenters. The SMILES string of the molecule is COc1ccnc(N2CCCC2CSC)n1. The zero-order valence-electron chi connectivity index (χ0n) is 9.72. The van der Waals surface area contributed by atoms with Crippen molar-refractivity contribution in [2.75, 3.05) is 30.6 Å². The van der Waals surface area contributed by atoms with E-state index in [0.717, 1.165) is 18.2 Å². The Morgan fingerprint density at radius 1 is 1.62 bits per heavy atom. The lowest BCUT2D eigenvalue weighted by Gasteiger charge is -2.23. The normalized spacial score (nSPS) is 20.1. The summed E-state index contributed by atoms with van der Waals surface area (Å²) in [5.41, 5.74) is 0. The molecule has 0 spiro atoms. The summed E-state index contributed by atoms with van der Waals surface area (Å²) in [6.07, 6.45) is 6.37. The van der Waals surface area contributed by atoms with Gasteiger partial charge in [-0.3, -0.25) is 0 Å². The number of ether oxygens (including phenoxy) is 1. The highest BCUT2D eigenvalue weighted by molar-refractivity contribution is 7.98. The van der Waals surface area contributed by atoms with E-state index >= 15 is 0 Å². The van der Waals surface area contributed by atoms with E-state index in [4.69, 9.17) is 4.74 Å². The molecule has 0 bridgehead atoms. The van der Waals surface area contributed by atoms with Crippen LogP contribution in [0.1, 0.15) is 12.8 Å². The fourth-order valence-electron chi connectivity index (χ4n) is 2.05. The van der Waals surface area contributed by atoms with Crippen molar-refractivity contribution in [2.24, 2.45) is 0 Å². The van der Waals surface area contributed by atoms with Crippen molar-refractivity contribution in [2.45, 2.75) is 18.9 Å². The predicted molar refractivity (Wildman–Crippen MR) is 67.3 cm³/mol. The third-order valence-electron chi connectivity index (χ3n) is 2.82. The molecule has 0 amide bonds. The van der Waals surface area contributed by atoms with E-state index < -0.39 is 0 Å². The van der Waals surface area contributed by atoms with Gasteiger partial charge in [0.15, 0.2) is 0 Å². The van der Waals surface area contributed by atoms with Crippen molar-refractivity contribution in [3.8, 4) is 5.88 Å². The van der Waals surface area contributed by atoms with E-state index in [2.05, 4.69) is 21.1 Å². The monoisotopic (exact) mass is 239 g/mol. The van der Waals surface area contributed by atoms with Gasteiger partial charge in [0, 0.05) is 30.6 Å². The van der Waals surface area contributed by atoms with Gasteiger partial charge < -0.3 is 9.64 Å². The Bertz CT molecular complexity index is 348. The molecule has 1 aliphatic heterocycles. The van der Waals surface area contributed by atoms with Gasteiger partial charge in [-0.15, -0.1) is 0 Å². The molecule has 1 aliphatic rings. The number of hydrogen-bond acceptors (Lipinski definition) is 5. The Kier molecular flexibility index (Phi) is 3.88. The second kappa shape index (κ2) is 5.39. The summed E-state index contributed by atoms with van der Waals surface area (Å²) in [7, 11) is 1.63. The van der Waals surface area contributed by atoms with E-state index in [1.54, 1.807) is 19.4 Å². The first-order valence-corrected chi connectivity index (χ1v) is 6.87. The van der Waals surface area contributed by atoms with E-state index in [1.165, 1.54) is 12.8 Å². The van der Waals surface area contributed by atoms with E-state index in [0.29, 0.717) is 11.9 Å². The maximum Gasteiger partial charge on any atom is 0.228 e. The van der Waals surface area contributed by atoms with Crippen LogP contribution in [-0.4, -0.2) is 41.7 Å². The Hall–Kier alpha value is -0.970. The standard InChI is InChI=1S/C11H17N3OS/c1-15-10-5-6-12-11(13-10)14-7-3-4-9(14)8-16-2/h5-6,9H,3-4,7-8H2,1-2H3. The molecule has 1 fully saturated rings. The van der Waals surface area contributed by atoms with Gasteiger partial charge in [0.05, 0.1) is 7.11 Å². The van der Waals surface area contributed by atoms with E-state index in [1.807, 2.05) is 11.8 Å². The van der Waals surface area contributed by atoms with E-state index in [-0.39, 0.29) is 0 Å². The van der Waals surface area contributed by atoms with Gasteiger partial charge in [-0.1, -0.05) is 0 Å². The van der Waals surface area contributed by atoms with Gasteiger partial charge in [0.25, 0.3) is 0 Å². The summed E-state index contributed by atoms with van der Waals surface area (Å²) in [4.78, 5) is 11.0. The van der Waals surface area contributed by atoms with Crippen LogP contribution in [0.3, 0.4) is 0 Å².